The van der Waals surface area contributed by atoms with Crippen molar-refractivity contribution < 1.29 is 9.18 Å². The third kappa shape index (κ3) is 4.46. The summed E-state index contributed by atoms with van der Waals surface area (Å²) < 4.78 is 16.2. The van der Waals surface area contributed by atoms with Crippen molar-refractivity contribution >= 4 is 45.0 Å². The molecule has 2 saturated heterocycles. The molecular weight excluding hydrogens is 471 g/mol. The summed E-state index contributed by atoms with van der Waals surface area (Å²) in [7, 11) is 1.74. The summed E-state index contributed by atoms with van der Waals surface area (Å²) in [4.78, 5) is 27.7. The second kappa shape index (κ2) is 9.26. The SMILES string of the molecule is C[C@H]1CN(c2ccc(C(=O)Nc3cc(F)c4nn(C)cc4c3)c3nc(N4CCCC4)ncc23)C[C@H](C)N1. The van der Waals surface area contributed by atoms with Gasteiger partial charge in [0.15, 0.2) is 5.82 Å². The van der Waals surface area contributed by atoms with Gasteiger partial charge >= 0.3 is 0 Å². The molecule has 1 amide bonds. The van der Waals surface area contributed by atoms with Gasteiger partial charge in [-0.1, -0.05) is 0 Å². The van der Waals surface area contributed by atoms with Crippen molar-refractivity contribution in [3.8, 4) is 0 Å². The minimum absolute atomic E-state index is 0.276. The molecule has 9 nitrogen and oxygen atoms in total. The Morgan fingerprint density at radius 2 is 1.84 bits per heavy atom. The van der Waals surface area contributed by atoms with Crippen LogP contribution < -0.4 is 20.4 Å². The molecule has 2 aromatic heterocycles. The number of hydrogen-bond donors (Lipinski definition) is 2. The molecule has 192 valence electrons. The summed E-state index contributed by atoms with van der Waals surface area (Å²) >= 11 is 0. The van der Waals surface area contributed by atoms with Crippen LogP contribution in [0, 0.1) is 5.82 Å². The molecule has 6 rings (SSSR count). The zero-order valence-corrected chi connectivity index (χ0v) is 21.3. The number of rotatable bonds is 4. The average molecular weight is 503 g/mol. The molecule has 2 N–H and O–H groups in total. The minimum atomic E-state index is -0.478. The van der Waals surface area contributed by atoms with Crippen molar-refractivity contribution in [2.45, 2.75) is 38.8 Å². The van der Waals surface area contributed by atoms with Gasteiger partial charge in [-0.05, 0) is 51.0 Å². The van der Waals surface area contributed by atoms with Gasteiger partial charge < -0.3 is 20.4 Å². The van der Waals surface area contributed by atoms with Crippen molar-refractivity contribution in [2.24, 2.45) is 7.05 Å². The van der Waals surface area contributed by atoms with Crippen LogP contribution >= 0.6 is 0 Å². The third-order valence-electron chi connectivity index (χ3n) is 7.18. The molecule has 2 fully saturated rings. The largest absolute Gasteiger partial charge is 0.368 e. The maximum atomic E-state index is 14.6. The lowest BCUT2D eigenvalue weighted by Crippen LogP contribution is -2.54. The Morgan fingerprint density at radius 1 is 1.08 bits per heavy atom. The number of piperazine rings is 1. The lowest BCUT2D eigenvalue weighted by atomic mass is 10.0. The Morgan fingerprint density at radius 3 is 2.59 bits per heavy atom. The van der Waals surface area contributed by atoms with Crippen LogP contribution in [0.1, 0.15) is 37.0 Å². The first-order valence-electron chi connectivity index (χ1n) is 12.9. The topological polar surface area (TPSA) is 91.2 Å². The lowest BCUT2D eigenvalue weighted by molar-refractivity contribution is 0.102. The van der Waals surface area contributed by atoms with Gasteiger partial charge in [0.05, 0.1) is 11.1 Å². The van der Waals surface area contributed by atoms with E-state index < -0.39 is 5.82 Å². The Kier molecular flexibility index (Phi) is 5.91. The van der Waals surface area contributed by atoms with Gasteiger partial charge in [-0.3, -0.25) is 9.48 Å². The highest BCUT2D eigenvalue weighted by Crippen LogP contribution is 2.32. The van der Waals surface area contributed by atoms with E-state index in [0.29, 0.717) is 40.2 Å². The van der Waals surface area contributed by atoms with Gasteiger partial charge in [-0.25, -0.2) is 14.4 Å². The summed E-state index contributed by atoms with van der Waals surface area (Å²) in [5, 5.41) is 12.1. The minimum Gasteiger partial charge on any atom is -0.368 e. The summed E-state index contributed by atoms with van der Waals surface area (Å²) in [6.07, 6.45) is 5.78. The molecule has 0 saturated carbocycles. The van der Waals surface area contributed by atoms with Crippen molar-refractivity contribution in [3.05, 3.63) is 48.0 Å². The van der Waals surface area contributed by atoms with E-state index in [2.05, 4.69) is 39.4 Å². The molecule has 4 heterocycles. The first kappa shape index (κ1) is 23.6. The van der Waals surface area contributed by atoms with Crippen LogP contribution in [-0.2, 0) is 7.05 Å². The maximum absolute atomic E-state index is 14.6. The highest BCUT2D eigenvalue weighted by atomic mass is 19.1. The zero-order chi connectivity index (χ0) is 25.7. The van der Waals surface area contributed by atoms with E-state index in [1.807, 2.05) is 18.3 Å². The first-order valence-corrected chi connectivity index (χ1v) is 12.9. The van der Waals surface area contributed by atoms with Crippen molar-refractivity contribution in [1.82, 2.24) is 25.1 Å². The van der Waals surface area contributed by atoms with E-state index in [9.17, 15) is 9.18 Å². The molecule has 10 heteroatoms. The zero-order valence-electron chi connectivity index (χ0n) is 21.3. The molecule has 37 heavy (non-hydrogen) atoms. The highest BCUT2D eigenvalue weighted by Gasteiger charge is 2.25. The maximum Gasteiger partial charge on any atom is 0.257 e. The van der Waals surface area contributed by atoms with E-state index in [1.54, 1.807) is 24.0 Å². The fourth-order valence-corrected chi connectivity index (χ4v) is 5.63. The van der Waals surface area contributed by atoms with Crippen LogP contribution in [0.25, 0.3) is 21.8 Å². The van der Waals surface area contributed by atoms with Gasteiger partial charge in [0.25, 0.3) is 5.91 Å². The number of carbonyl (C=O) groups excluding carboxylic acids is 1. The number of carbonyl (C=O) groups is 1. The summed E-state index contributed by atoms with van der Waals surface area (Å²) in [5.74, 6) is -0.178. The van der Waals surface area contributed by atoms with Gasteiger partial charge in [0, 0.05) is 79.9 Å². The Labute approximate surface area is 214 Å². The second-order valence-electron chi connectivity index (χ2n) is 10.3. The number of hydrogen-bond acceptors (Lipinski definition) is 7. The number of fused-ring (bicyclic) bond motifs is 2. The molecule has 0 unspecified atom stereocenters. The molecule has 4 aromatic rings. The van der Waals surface area contributed by atoms with Crippen molar-refractivity contribution in [2.75, 3.05) is 41.3 Å². The van der Waals surface area contributed by atoms with Crippen molar-refractivity contribution in [1.29, 1.82) is 0 Å². The number of nitrogens with one attached hydrogen (secondary N) is 2. The van der Waals surface area contributed by atoms with Crippen LogP contribution in [-0.4, -0.2) is 63.9 Å². The number of anilines is 3. The third-order valence-corrected chi connectivity index (χ3v) is 7.18. The number of aromatic nitrogens is 4. The van der Waals surface area contributed by atoms with Crippen LogP contribution in [0.3, 0.4) is 0 Å². The first-order chi connectivity index (χ1) is 17.9. The fraction of sp³-hybridized carbons (Fsp3) is 0.407. The predicted octanol–water partition coefficient (Wildman–Crippen LogP) is 3.69. The van der Waals surface area contributed by atoms with Gasteiger partial charge in [0.2, 0.25) is 5.95 Å². The highest BCUT2D eigenvalue weighted by molar-refractivity contribution is 6.14. The number of aryl methyl sites for hydroxylation is 1. The molecule has 0 spiro atoms. The molecule has 2 atom stereocenters. The molecule has 0 aliphatic carbocycles. The molecule has 0 bridgehead atoms. The summed E-state index contributed by atoms with van der Waals surface area (Å²) in [6, 6.07) is 7.51. The lowest BCUT2D eigenvalue weighted by Gasteiger charge is -2.38. The average Bonchev–Trinajstić information content (AvgIpc) is 3.52. The van der Waals surface area contributed by atoms with Gasteiger partial charge in [0.1, 0.15) is 5.52 Å². The Bertz CT molecular complexity index is 1490. The number of nitrogens with zero attached hydrogens (tertiary/aromatic N) is 6. The standard InChI is InChI=1S/C27H31FN8O/c1-16-13-36(14-17(2)30-16)23-7-6-20(25-21(23)12-29-27(32-25)35-8-4-5-9-35)26(37)31-19-10-18-15-34(3)33-24(18)22(28)11-19/h6-7,10-12,15-17,30H,4-5,8-9,13-14H2,1-3H3,(H,31,37)/t16-,17-/m0/s1. The summed E-state index contributed by atoms with van der Waals surface area (Å²) in [6.45, 7) is 7.86. The Balaban J connectivity index is 1.41. The summed E-state index contributed by atoms with van der Waals surface area (Å²) in [5.41, 5.74) is 2.71. The van der Waals surface area contributed by atoms with E-state index in [-0.39, 0.29) is 11.4 Å². The van der Waals surface area contributed by atoms with E-state index in [0.717, 1.165) is 50.1 Å². The number of benzene rings is 2. The molecule has 0 radical (unpaired) electrons. The monoisotopic (exact) mass is 502 g/mol. The fourth-order valence-electron chi connectivity index (χ4n) is 5.63. The van der Waals surface area contributed by atoms with Gasteiger partial charge in [-0.15, -0.1) is 0 Å². The van der Waals surface area contributed by atoms with Crippen LogP contribution in [0.2, 0.25) is 0 Å². The van der Waals surface area contributed by atoms with Crippen molar-refractivity contribution in [3.63, 3.8) is 0 Å². The smallest absolute Gasteiger partial charge is 0.257 e. The molecular formula is C27H31FN8O. The van der Waals surface area contributed by atoms with Crippen LogP contribution in [0.4, 0.5) is 21.7 Å². The number of amides is 1. The molecule has 2 aromatic carbocycles. The quantitative estimate of drug-likeness (QED) is 0.440. The van der Waals surface area contributed by atoms with E-state index >= 15 is 0 Å². The van der Waals surface area contributed by atoms with E-state index in [1.165, 1.54) is 6.07 Å². The molecule has 2 aliphatic heterocycles. The molecule has 2 aliphatic rings. The van der Waals surface area contributed by atoms with E-state index in [4.69, 9.17) is 9.97 Å². The van der Waals surface area contributed by atoms with Crippen LogP contribution in [0.15, 0.2) is 36.7 Å². The second-order valence-corrected chi connectivity index (χ2v) is 10.3. The van der Waals surface area contributed by atoms with Gasteiger partial charge in [-0.2, -0.15) is 5.10 Å². The van der Waals surface area contributed by atoms with Crippen LogP contribution in [0.5, 0.6) is 0 Å². The Hall–Kier alpha value is -3.79. The number of halogens is 1. The predicted molar refractivity (Wildman–Crippen MR) is 144 cm³/mol. The normalized spacial score (nSPS) is 20.2.